The van der Waals surface area contributed by atoms with Crippen LogP contribution < -0.4 is 11.1 Å². The van der Waals surface area contributed by atoms with Crippen LogP contribution in [0.3, 0.4) is 0 Å². The topological polar surface area (TPSA) is 98.2 Å². The Hall–Kier alpha value is -2.37. The fraction of sp³-hybridized carbons (Fsp3) is 0.357. The standard InChI is InChI=1S/C14H17N3O3/c1-8(2)5-11(13(15)18)17-14(19)9-3-4-12-10(6-9)16-7-20-12/h3-4,6-8,11H,5H2,1-2H3,(H2,15,18)(H,17,19). The van der Waals surface area contributed by atoms with Gasteiger partial charge in [0.25, 0.3) is 5.91 Å². The first-order valence-electron chi connectivity index (χ1n) is 6.41. The third-order valence-electron chi connectivity index (χ3n) is 2.95. The molecule has 1 atom stereocenters. The molecule has 0 radical (unpaired) electrons. The van der Waals surface area contributed by atoms with Crippen molar-refractivity contribution in [2.45, 2.75) is 26.3 Å². The summed E-state index contributed by atoms with van der Waals surface area (Å²) in [6, 6.07) is 4.23. The lowest BCUT2D eigenvalue weighted by atomic mass is 10.0. The van der Waals surface area contributed by atoms with Gasteiger partial charge in [-0.2, -0.15) is 0 Å². The molecule has 0 spiro atoms. The van der Waals surface area contributed by atoms with Crippen LogP contribution in [0, 0.1) is 5.92 Å². The average Bonchev–Trinajstić information content (AvgIpc) is 2.84. The van der Waals surface area contributed by atoms with Crippen LogP contribution in [-0.4, -0.2) is 22.8 Å². The molecular formula is C14H17N3O3. The predicted molar refractivity (Wildman–Crippen MR) is 73.9 cm³/mol. The van der Waals surface area contributed by atoms with Crippen molar-refractivity contribution in [2.24, 2.45) is 11.7 Å². The van der Waals surface area contributed by atoms with Crippen LogP contribution in [0.5, 0.6) is 0 Å². The minimum Gasteiger partial charge on any atom is -0.443 e. The van der Waals surface area contributed by atoms with Gasteiger partial charge in [-0.05, 0) is 30.5 Å². The minimum atomic E-state index is -0.671. The van der Waals surface area contributed by atoms with E-state index >= 15 is 0 Å². The van der Waals surface area contributed by atoms with Gasteiger partial charge in [-0.15, -0.1) is 0 Å². The van der Waals surface area contributed by atoms with Gasteiger partial charge in [-0.3, -0.25) is 9.59 Å². The van der Waals surface area contributed by atoms with Crippen LogP contribution >= 0.6 is 0 Å². The van der Waals surface area contributed by atoms with Gasteiger partial charge in [0.1, 0.15) is 11.6 Å². The van der Waals surface area contributed by atoms with Gasteiger partial charge in [-0.25, -0.2) is 4.98 Å². The highest BCUT2D eigenvalue weighted by Crippen LogP contribution is 2.14. The molecule has 1 unspecified atom stereocenters. The summed E-state index contributed by atoms with van der Waals surface area (Å²) in [7, 11) is 0. The molecule has 6 nitrogen and oxygen atoms in total. The quantitative estimate of drug-likeness (QED) is 0.863. The van der Waals surface area contributed by atoms with E-state index in [1.807, 2.05) is 13.8 Å². The number of hydrogen-bond donors (Lipinski definition) is 2. The van der Waals surface area contributed by atoms with Gasteiger partial charge in [-0.1, -0.05) is 13.8 Å². The molecule has 0 fully saturated rings. The van der Waals surface area contributed by atoms with Crippen molar-refractivity contribution in [3.8, 4) is 0 Å². The maximum atomic E-state index is 12.1. The van der Waals surface area contributed by atoms with Crippen LogP contribution in [0.15, 0.2) is 29.0 Å². The van der Waals surface area contributed by atoms with Gasteiger partial charge in [0.15, 0.2) is 12.0 Å². The zero-order valence-corrected chi connectivity index (χ0v) is 11.4. The molecule has 0 aliphatic rings. The van der Waals surface area contributed by atoms with Crippen LogP contribution in [0.2, 0.25) is 0 Å². The van der Waals surface area contributed by atoms with Crippen molar-refractivity contribution in [3.63, 3.8) is 0 Å². The number of aromatic nitrogens is 1. The van der Waals surface area contributed by atoms with E-state index in [9.17, 15) is 9.59 Å². The third-order valence-corrected chi connectivity index (χ3v) is 2.95. The maximum absolute atomic E-state index is 12.1. The molecule has 0 saturated carbocycles. The van der Waals surface area contributed by atoms with E-state index in [0.29, 0.717) is 23.1 Å². The number of oxazole rings is 1. The SMILES string of the molecule is CC(C)CC(NC(=O)c1ccc2ocnc2c1)C(N)=O. The largest absolute Gasteiger partial charge is 0.443 e. The van der Waals surface area contributed by atoms with Crippen molar-refractivity contribution in [1.82, 2.24) is 10.3 Å². The highest BCUT2D eigenvalue weighted by Gasteiger charge is 2.20. The first-order chi connectivity index (χ1) is 9.47. The molecule has 106 valence electrons. The molecule has 2 rings (SSSR count). The summed E-state index contributed by atoms with van der Waals surface area (Å²) in [5.74, 6) is -0.625. The number of benzene rings is 1. The summed E-state index contributed by atoms with van der Waals surface area (Å²) < 4.78 is 5.11. The lowest BCUT2D eigenvalue weighted by Crippen LogP contribution is -2.45. The maximum Gasteiger partial charge on any atom is 0.252 e. The molecule has 1 aromatic carbocycles. The minimum absolute atomic E-state index is 0.255. The summed E-state index contributed by atoms with van der Waals surface area (Å²) >= 11 is 0. The number of primary amides is 1. The fourth-order valence-electron chi connectivity index (χ4n) is 1.96. The van der Waals surface area contributed by atoms with Gasteiger partial charge in [0.05, 0.1) is 0 Å². The number of nitrogens with two attached hydrogens (primary N) is 1. The molecule has 0 saturated heterocycles. The van der Waals surface area contributed by atoms with Gasteiger partial charge in [0, 0.05) is 5.56 Å². The molecule has 2 aromatic rings. The number of carbonyl (C=O) groups is 2. The van der Waals surface area contributed by atoms with E-state index in [1.54, 1.807) is 18.2 Å². The van der Waals surface area contributed by atoms with E-state index in [2.05, 4.69) is 10.3 Å². The van der Waals surface area contributed by atoms with Crippen molar-refractivity contribution < 1.29 is 14.0 Å². The molecule has 1 aromatic heterocycles. The second-order valence-electron chi connectivity index (χ2n) is 5.09. The Balaban J connectivity index is 2.15. The molecule has 20 heavy (non-hydrogen) atoms. The number of fused-ring (bicyclic) bond motifs is 1. The Morgan fingerprint density at radius 2 is 2.15 bits per heavy atom. The number of hydrogen-bond acceptors (Lipinski definition) is 4. The number of amides is 2. The normalized spacial score (nSPS) is 12.6. The van der Waals surface area contributed by atoms with Crippen molar-refractivity contribution in [1.29, 1.82) is 0 Å². The van der Waals surface area contributed by atoms with Crippen LogP contribution in [0.4, 0.5) is 0 Å². The summed E-state index contributed by atoms with van der Waals surface area (Å²) in [5.41, 5.74) is 6.92. The molecule has 2 amide bonds. The van der Waals surface area contributed by atoms with E-state index in [0.717, 1.165) is 0 Å². The first kappa shape index (κ1) is 14.0. The van der Waals surface area contributed by atoms with Crippen LogP contribution in [-0.2, 0) is 4.79 Å². The van der Waals surface area contributed by atoms with E-state index in [-0.39, 0.29) is 11.8 Å². The lowest BCUT2D eigenvalue weighted by molar-refractivity contribution is -0.120. The van der Waals surface area contributed by atoms with Crippen molar-refractivity contribution in [3.05, 3.63) is 30.2 Å². The zero-order valence-electron chi connectivity index (χ0n) is 11.4. The Bertz CT molecular complexity index is 633. The van der Waals surface area contributed by atoms with Crippen LogP contribution in [0.25, 0.3) is 11.1 Å². The monoisotopic (exact) mass is 275 g/mol. The molecule has 6 heteroatoms. The van der Waals surface area contributed by atoms with Crippen LogP contribution in [0.1, 0.15) is 30.6 Å². The highest BCUT2D eigenvalue weighted by molar-refractivity contribution is 5.99. The first-order valence-corrected chi connectivity index (χ1v) is 6.41. The van der Waals surface area contributed by atoms with Crippen molar-refractivity contribution in [2.75, 3.05) is 0 Å². The van der Waals surface area contributed by atoms with Crippen molar-refractivity contribution >= 4 is 22.9 Å². The van der Waals surface area contributed by atoms with Gasteiger partial charge in [0.2, 0.25) is 5.91 Å². The van der Waals surface area contributed by atoms with E-state index < -0.39 is 11.9 Å². The van der Waals surface area contributed by atoms with E-state index in [4.69, 9.17) is 10.2 Å². The number of carbonyl (C=O) groups excluding carboxylic acids is 2. The Labute approximate surface area is 116 Å². The van der Waals surface area contributed by atoms with Gasteiger partial charge < -0.3 is 15.5 Å². The Morgan fingerprint density at radius 1 is 1.40 bits per heavy atom. The number of nitrogens with one attached hydrogen (secondary N) is 1. The fourth-order valence-corrected chi connectivity index (χ4v) is 1.96. The Kier molecular flexibility index (Phi) is 4.02. The Morgan fingerprint density at radius 3 is 2.80 bits per heavy atom. The molecule has 1 heterocycles. The summed E-state index contributed by atoms with van der Waals surface area (Å²) in [6.45, 7) is 3.92. The van der Waals surface area contributed by atoms with E-state index in [1.165, 1.54) is 6.39 Å². The third kappa shape index (κ3) is 3.14. The smallest absolute Gasteiger partial charge is 0.252 e. The number of rotatable bonds is 5. The number of nitrogens with zero attached hydrogens (tertiary/aromatic N) is 1. The molecule has 0 aliphatic carbocycles. The lowest BCUT2D eigenvalue weighted by Gasteiger charge is -2.17. The molecule has 3 N–H and O–H groups in total. The molecule has 0 aliphatic heterocycles. The second kappa shape index (κ2) is 5.73. The molecular weight excluding hydrogens is 258 g/mol. The highest BCUT2D eigenvalue weighted by atomic mass is 16.3. The summed E-state index contributed by atoms with van der Waals surface area (Å²) in [6.07, 6.45) is 1.82. The average molecular weight is 275 g/mol. The predicted octanol–water partition coefficient (Wildman–Crippen LogP) is 1.46. The zero-order chi connectivity index (χ0) is 14.7. The molecule has 0 bridgehead atoms. The van der Waals surface area contributed by atoms with Gasteiger partial charge >= 0.3 is 0 Å². The summed E-state index contributed by atoms with van der Waals surface area (Å²) in [5, 5.41) is 2.65. The summed E-state index contributed by atoms with van der Waals surface area (Å²) in [4.78, 5) is 27.5. The second-order valence-corrected chi connectivity index (χ2v) is 5.09.